The lowest BCUT2D eigenvalue weighted by atomic mass is 9.96. The van der Waals surface area contributed by atoms with Crippen molar-refractivity contribution in [1.29, 1.82) is 0 Å². The number of hydrogen-bond donors (Lipinski definition) is 1. The molecule has 0 fully saturated rings. The highest BCUT2D eigenvalue weighted by atomic mass is 16.2. The molecule has 0 radical (unpaired) electrons. The number of rotatable bonds is 6. The Morgan fingerprint density at radius 2 is 2.38 bits per heavy atom. The summed E-state index contributed by atoms with van der Waals surface area (Å²) in [6.07, 6.45) is 13.4. The van der Waals surface area contributed by atoms with Crippen LogP contribution in [0.5, 0.6) is 0 Å². The van der Waals surface area contributed by atoms with E-state index in [4.69, 9.17) is 0 Å². The summed E-state index contributed by atoms with van der Waals surface area (Å²) in [5.41, 5.74) is 2.60. The highest BCUT2D eigenvalue weighted by molar-refractivity contribution is 5.76. The first-order valence-corrected chi connectivity index (χ1v) is 6.30. The van der Waals surface area contributed by atoms with E-state index in [1.165, 1.54) is 0 Å². The van der Waals surface area contributed by atoms with Crippen molar-refractivity contribution in [3.05, 3.63) is 12.2 Å². The van der Waals surface area contributed by atoms with Gasteiger partial charge in [0.2, 0.25) is 5.91 Å². The Labute approximate surface area is 98.0 Å². The molecule has 0 aliphatic heterocycles. The predicted octanol–water partition coefficient (Wildman–Crippen LogP) is 3.03. The van der Waals surface area contributed by atoms with Crippen molar-refractivity contribution in [2.75, 3.05) is 0 Å². The molecule has 0 bridgehead atoms. The molecule has 0 saturated heterocycles. The Morgan fingerprint density at radius 3 is 3.06 bits per heavy atom. The van der Waals surface area contributed by atoms with Crippen LogP contribution in [0.15, 0.2) is 17.3 Å². The summed E-state index contributed by atoms with van der Waals surface area (Å²) in [6.45, 7) is 2.13. The van der Waals surface area contributed by atoms with Gasteiger partial charge in [0.25, 0.3) is 0 Å². The standard InChI is InChI=1S/C13H22N2O/c1-2-3-5-10-13(16)15-14-11-12-8-6-4-7-9-12/h4,6,11-12H,2-3,5,7-10H2,1H3,(H,15,16). The third-order valence-corrected chi connectivity index (χ3v) is 2.79. The van der Waals surface area contributed by atoms with E-state index in [0.717, 1.165) is 38.5 Å². The summed E-state index contributed by atoms with van der Waals surface area (Å²) >= 11 is 0. The summed E-state index contributed by atoms with van der Waals surface area (Å²) in [6, 6.07) is 0. The van der Waals surface area contributed by atoms with Crippen LogP contribution in [0.25, 0.3) is 0 Å². The van der Waals surface area contributed by atoms with E-state index in [-0.39, 0.29) is 5.91 Å². The lowest BCUT2D eigenvalue weighted by Crippen LogP contribution is -2.18. The van der Waals surface area contributed by atoms with Gasteiger partial charge in [-0.1, -0.05) is 31.9 Å². The molecule has 90 valence electrons. The number of nitrogens with one attached hydrogen (secondary N) is 1. The van der Waals surface area contributed by atoms with Crippen LogP contribution in [0.2, 0.25) is 0 Å². The third-order valence-electron chi connectivity index (χ3n) is 2.79. The lowest BCUT2D eigenvalue weighted by Gasteiger charge is -2.11. The lowest BCUT2D eigenvalue weighted by molar-refractivity contribution is -0.121. The van der Waals surface area contributed by atoms with E-state index < -0.39 is 0 Å². The van der Waals surface area contributed by atoms with Gasteiger partial charge in [-0.15, -0.1) is 0 Å². The molecule has 1 rings (SSSR count). The van der Waals surface area contributed by atoms with Crippen LogP contribution in [0, 0.1) is 5.92 Å². The maximum Gasteiger partial charge on any atom is 0.240 e. The quantitative estimate of drug-likeness (QED) is 0.319. The molecule has 16 heavy (non-hydrogen) atoms. The number of carbonyl (C=O) groups is 1. The largest absolute Gasteiger partial charge is 0.273 e. The summed E-state index contributed by atoms with van der Waals surface area (Å²) in [4.78, 5) is 11.3. The van der Waals surface area contributed by atoms with Crippen molar-refractivity contribution in [2.45, 2.75) is 51.9 Å². The van der Waals surface area contributed by atoms with E-state index in [0.29, 0.717) is 12.3 Å². The van der Waals surface area contributed by atoms with Crippen molar-refractivity contribution in [2.24, 2.45) is 11.0 Å². The van der Waals surface area contributed by atoms with Crippen molar-refractivity contribution < 1.29 is 4.79 Å². The van der Waals surface area contributed by atoms with Crippen molar-refractivity contribution in [3.8, 4) is 0 Å². The number of hydrazone groups is 1. The molecule has 1 unspecified atom stereocenters. The number of hydrogen-bond acceptors (Lipinski definition) is 2. The van der Waals surface area contributed by atoms with Gasteiger partial charge in [0, 0.05) is 12.6 Å². The summed E-state index contributed by atoms with van der Waals surface area (Å²) < 4.78 is 0. The second-order valence-electron chi connectivity index (χ2n) is 4.31. The topological polar surface area (TPSA) is 41.5 Å². The molecule has 3 heteroatoms. The summed E-state index contributed by atoms with van der Waals surface area (Å²) in [5, 5.41) is 4.02. The molecule has 1 atom stereocenters. The van der Waals surface area contributed by atoms with Gasteiger partial charge in [-0.25, -0.2) is 5.43 Å². The minimum Gasteiger partial charge on any atom is -0.273 e. The van der Waals surface area contributed by atoms with Crippen molar-refractivity contribution >= 4 is 12.1 Å². The molecule has 0 aromatic heterocycles. The van der Waals surface area contributed by atoms with Crippen LogP contribution < -0.4 is 5.43 Å². The molecule has 3 nitrogen and oxygen atoms in total. The number of nitrogens with zero attached hydrogens (tertiary/aromatic N) is 1. The maximum atomic E-state index is 11.3. The molecular weight excluding hydrogens is 200 g/mol. The maximum absolute atomic E-state index is 11.3. The minimum atomic E-state index is 0.0380. The molecule has 1 N–H and O–H groups in total. The fourth-order valence-electron chi connectivity index (χ4n) is 1.76. The zero-order valence-corrected chi connectivity index (χ0v) is 10.1. The van der Waals surface area contributed by atoms with E-state index >= 15 is 0 Å². The van der Waals surface area contributed by atoms with Crippen LogP contribution in [-0.4, -0.2) is 12.1 Å². The second kappa shape index (κ2) is 8.08. The number of amides is 1. The average Bonchev–Trinajstić information content (AvgIpc) is 2.31. The van der Waals surface area contributed by atoms with E-state index in [2.05, 4.69) is 29.6 Å². The highest BCUT2D eigenvalue weighted by Gasteiger charge is 2.06. The molecular formula is C13H22N2O. The number of unbranched alkanes of at least 4 members (excludes halogenated alkanes) is 2. The Hall–Kier alpha value is -1.12. The van der Waals surface area contributed by atoms with Gasteiger partial charge in [-0.2, -0.15) is 5.10 Å². The van der Waals surface area contributed by atoms with Crippen LogP contribution in [0.4, 0.5) is 0 Å². The molecule has 0 aromatic rings. The Balaban J connectivity index is 2.10. The first-order valence-electron chi connectivity index (χ1n) is 6.30. The van der Waals surface area contributed by atoms with Gasteiger partial charge < -0.3 is 0 Å². The van der Waals surface area contributed by atoms with Crippen LogP contribution in [0.1, 0.15) is 51.9 Å². The van der Waals surface area contributed by atoms with Gasteiger partial charge in [0.15, 0.2) is 0 Å². The first kappa shape index (κ1) is 12.9. The zero-order valence-electron chi connectivity index (χ0n) is 10.1. The van der Waals surface area contributed by atoms with Gasteiger partial charge >= 0.3 is 0 Å². The van der Waals surface area contributed by atoms with Crippen molar-refractivity contribution in [1.82, 2.24) is 5.43 Å². The van der Waals surface area contributed by atoms with E-state index in [1.54, 1.807) is 0 Å². The monoisotopic (exact) mass is 222 g/mol. The number of allylic oxidation sites excluding steroid dienone is 2. The first-order chi connectivity index (χ1) is 7.83. The zero-order chi connectivity index (χ0) is 11.6. The van der Waals surface area contributed by atoms with Gasteiger partial charge in [0.05, 0.1) is 0 Å². The Bertz CT molecular complexity index is 259. The molecule has 0 heterocycles. The van der Waals surface area contributed by atoms with Crippen LogP contribution in [0.3, 0.4) is 0 Å². The molecule has 0 aromatic carbocycles. The predicted molar refractivity (Wildman–Crippen MR) is 67.3 cm³/mol. The highest BCUT2D eigenvalue weighted by Crippen LogP contribution is 2.15. The molecule has 1 amide bonds. The molecule has 0 spiro atoms. The molecule has 1 aliphatic carbocycles. The van der Waals surface area contributed by atoms with Crippen LogP contribution >= 0.6 is 0 Å². The van der Waals surface area contributed by atoms with Crippen LogP contribution in [-0.2, 0) is 4.79 Å². The Morgan fingerprint density at radius 1 is 1.50 bits per heavy atom. The molecule has 1 aliphatic rings. The van der Waals surface area contributed by atoms with E-state index in [9.17, 15) is 4.79 Å². The normalized spacial score (nSPS) is 20.2. The summed E-state index contributed by atoms with van der Waals surface area (Å²) in [5.74, 6) is 0.539. The second-order valence-corrected chi connectivity index (χ2v) is 4.31. The minimum absolute atomic E-state index is 0.0380. The smallest absolute Gasteiger partial charge is 0.240 e. The van der Waals surface area contributed by atoms with Gasteiger partial charge in [0.1, 0.15) is 0 Å². The van der Waals surface area contributed by atoms with Crippen molar-refractivity contribution in [3.63, 3.8) is 0 Å². The van der Waals surface area contributed by atoms with Gasteiger partial charge in [-0.05, 0) is 31.6 Å². The Kier molecular flexibility index (Phi) is 6.54. The average molecular weight is 222 g/mol. The SMILES string of the molecule is CCCCCC(=O)NN=CC1CC=CCC1. The van der Waals surface area contributed by atoms with E-state index in [1.807, 2.05) is 6.21 Å². The third kappa shape index (κ3) is 5.69. The fourth-order valence-corrected chi connectivity index (χ4v) is 1.76. The fraction of sp³-hybridized carbons (Fsp3) is 0.692. The van der Waals surface area contributed by atoms with Gasteiger partial charge in [-0.3, -0.25) is 4.79 Å². The summed E-state index contributed by atoms with van der Waals surface area (Å²) in [7, 11) is 0. The molecule has 0 saturated carbocycles. The number of carbonyl (C=O) groups excluding carboxylic acids is 1.